The van der Waals surface area contributed by atoms with Crippen LogP contribution in [0.5, 0.6) is 0 Å². The summed E-state index contributed by atoms with van der Waals surface area (Å²) in [5.41, 5.74) is 0. The first-order valence-corrected chi connectivity index (χ1v) is 4.84. The first-order valence-electron chi connectivity index (χ1n) is 4.84. The van der Waals surface area contributed by atoms with Gasteiger partial charge in [0.05, 0.1) is 13.7 Å². The van der Waals surface area contributed by atoms with Crippen LogP contribution in [0.3, 0.4) is 0 Å². The van der Waals surface area contributed by atoms with Crippen molar-refractivity contribution in [1.29, 1.82) is 0 Å². The van der Waals surface area contributed by atoms with Crippen LogP contribution in [0.25, 0.3) is 0 Å². The smallest absolute Gasteiger partial charge is 0.376 e. The van der Waals surface area contributed by atoms with Gasteiger partial charge in [0.2, 0.25) is 5.82 Å². The summed E-state index contributed by atoms with van der Waals surface area (Å²) in [6.45, 7) is 2.50. The zero-order chi connectivity index (χ0) is 12.0. The topological polar surface area (TPSA) is 73.3 Å². The standard InChI is InChI=1S/C10H15N3O3/c1-7(6-15-2)12-8-4-5-11-9(13-8)10(14)16-3/h4-5,7H,6H2,1-3H3,(H,11,12,13). The third-order valence-corrected chi connectivity index (χ3v) is 1.83. The minimum atomic E-state index is -0.553. The number of nitrogens with zero attached hydrogens (tertiary/aromatic N) is 2. The molecule has 6 heteroatoms. The summed E-state index contributed by atoms with van der Waals surface area (Å²) in [6, 6.07) is 1.78. The number of hydrogen-bond acceptors (Lipinski definition) is 6. The van der Waals surface area contributed by atoms with E-state index < -0.39 is 5.97 Å². The van der Waals surface area contributed by atoms with Crippen LogP contribution in [-0.2, 0) is 9.47 Å². The summed E-state index contributed by atoms with van der Waals surface area (Å²) >= 11 is 0. The van der Waals surface area contributed by atoms with Gasteiger partial charge in [-0.1, -0.05) is 0 Å². The minimum absolute atomic E-state index is 0.0390. The molecule has 1 N–H and O–H groups in total. The molecule has 0 aliphatic heterocycles. The molecular formula is C10H15N3O3. The predicted molar refractivity (Wildman–Crippen MR) is 58.3 cm³/mol. The van der Waals surface area contributed by atoms with Crippen LogP contribution in [0.1, 0.15) is 17.5 Å². The molecule has 0 aliphatic rings. The number of esters is 1. The Morgan fingerprint density at radius 3 is 2.94 bits per heavy atom. The highest BCUT2D eigenvalue weighted by atomic mass is 16.5. The molecule has 1 unspecified atom stereocenters. The molecule has 0 saturated heterocycles. The maximum Gasteiger partial charge on any atom is 0.376 e. The van der Waals surface area contributed by atoms with Gasteiger partial charge in [0, 0.05) is 19.3 Å². The number of methoxy groups -OCH3 is 2. The van der Waals surface area contributed by atoms with E-state index in [0.717, 1.165) is 0 Å². The Kier molecular flexibility index (Phi) is 4.65. The van der Waals surface area contributed by atoms with Crippen LogP contribution >= 0.6 is 0 Å². The van der Waals surface area contributed by atoms with Crippen LogP contribution in [0.15, 0.2) is 12.3 Å². The quantitative estimate of drug-likeness (QED) is 0.744. The lowest BCUT2D eigenvalue weighted by atomic mass is 10.3. The largest absolute Gasteiger partial charge is 0.463 e. The Bertz CT molecular complexity index is 357. The van der Waals surface area contributed by atoms with E-state index in [1.54, 1.807) is 13.2 Å². The zero-order valence-electron chi connectivity index (χ0n) is 9.56. The highest BCUT2D eigenvalue weighted by Crippen LogP contribution is 2.04. The third kappa shape index (κ3) is 3.47. The molecule has 0 bridgehead atoms. The monoisotopic (exact) mass is 225 g/mol. The summed E-state index contributed by atoms with van der Waals surface area (Å²) in [7, 11) is 2.91. The van der Waals surface area contributed by atoms with E-state index in [9.17, 15) is 4.79 Å². The Morgan fingerprint density at radius 1 is 1.56 bits per heavy atom. The van der Waals surface area contributed by atoms with Crippen LogP contribution < -0.4 is 5.32 Å². The molecule has 0 spiro atoms. The molecule has 6 nitrogen and oxygen atoms in total. The van der Waals surface area contributed by atoms with E-state index in [2.05, 4.69) is 20.0 Å². The van der Waals surface area contributed by atoms with E-state index in [-0.39, 0.29) is 11.9 Å². The second-order valence-corrected chi connectivity index (χ2v) is 3.26. The van der Waals surface area contributed by atoms with Crippen molar-refractivity contribution in [1.82, 2.24) is 9.97 Å². The molecule has 0 amide bonds. The van der Waals surface area contributed by atoms with Crippen molar-refractivity contribution in [3.05, 3.63) is 18.1 Å². The molecule has 1 rings (SSSR count). The van der Waals surface area contributed by atoms with Crippen molar-refractivity contribution in [3.8, 4) is 0 Å². The van der Waals surface area contributed by atoms with Crippen LogP contribution in [0.2, 0.25) is 0 Å². The molecule has 88 valence electrons. The number of anilines is 1. The normalized spacial score (nSPS) is 11.9. The van der Waals surface area contributed by atoms with Crippen molar-refractivity contribution < 1.29 is 14.3 Å². The van der Waals surface area contributed by atoms with Gasteiger partial charge in [0.15, 0.2) is 0 Å². The molecule has 1 heterocycles. The Morgan fingerprint density at radius 2 is 2.31 bits per heavy atom. The molecular weight excluding hydrogens is 210 g/mol. The lowest BCUT2D eigenvalue weighted by Crippen LogP contribution is -2.22. The van der Waals surface area contributed by atoms with E-state index in [1.807, 2.05) is 6.92 Å². The maximum atomic E-state index is 11.2. The number of hydrogen-bond donors (Lipinski definition) is 1. The molecule has 0 fully saturated rings. The summed E-state index contributed by atoms with van der Waals surface area (Å²) in [6.07, 6.45) is 1.50. The van der Waals surface area contributed by atoms with Gasteiger partial charge in [-0.15, -0.1) is 0 Å². The molecule has 0 aliphatic carbocycles. The number of ether oxygens (including phenoxy) is 2. The van der Waals surface area contributed by atoms with Crippen molar-refractivity contribution >= 4 is 11.8 Å². The number of aromatic nitrogens is 2. The fraction of sp³-hybridized carbons (Fsp3) is 0.500. The van der Waals surface area contributed by atoms with Gasteiger partial charge >= 0.3 is 5.97 Å². The minimum Gasteiger partial charge on any atom is -0.463 e. The highest BCUT2D eigenvalue weighted by molar-refractivity contribution is 5.85. The summed E-state index contributed by atoms with van der Waals surface area (Å²) in [5.74, 6) is 0.0557. The van der Waals surface area contributed by atoms with Crippen molar-refractivity contribution in [2.75, 3.05) is 26.1 Å². The maximum absolute atomic E-state index is 11.2. The predicted octanol–water partition coefficient (Wildman–Crippen LogP) is 0.710. The highest BCUT2D eigenvalue weighted by Gasteiger charge is 2.10. The summed E-state index contributed by atoms with van der Waals surface area (Å²) in [4.78, 5) is 19.0. The lowest BCUT2D eigenvalue weighted by molar-refractivity contribution is 0.0587. The fourth-order valence-corrected chi connectivity index (χ4v) is 1.17. The first kappa shape index (κ1) is 12.4. The number of carbonyl (C=O) groups excluding carboxylic acids is 1. The lowest BCUT2D eigenvalue weighted by Gasteiger charge is -2.13. The average molecular weight is 225 g/mol. The van der Waals surface area contributed by atoms with E-state index in [0.29, 0.717) is 12.4 Å². The average Bonchev–Trinajstić information content (AvgIpc) is 2.28. The van der Waals surface area contributed by atoms with Gasteiger partial charge < -0.3 is 14.8 Å². The number of carbonyl (C=O) groups is 1. The van der Waals surface area contributed by atoms with E-state index in [1.165, 1.54) is 13.3 Å². The molecule has 0 saturated carbocycles. The zero-order valence-corrected chi connectivity index (χ0v) is 9.56. The summed E-state index contributed by atoms with van der Waals surface area (Å²) < 4.78 is 9.50. The molecule has 0 radical (unpaired) electrons. The van der Waals surface area contributed by atoms with Gasteiger partial charge in [-0.25, -0.2) is 14.8 Å². The molecule has 0 aromatic carbocycles. The van der Waals surface area contributed by atoms with Crippen molar-refractivity contribution in [2.45, 2.75) is 13.0 Å². The summed E-state index contributed by atoms with van der Waals surface area (Å²) in [5, 5.41) is 3.08. The Balaban J connectivity index is 2.70. The van der Waals surface area contributed by atoms with Crippen molar-refractivity contribution in [3.63, 3.8) is 0 Å². The van der Waals surface area contributed by atoms with Crippen LogP contribution in [0, 0.1) is 0 Å². The number of nitrogens with one attached hydrogen (secondary N) is 1. The SMILES string of the molecule is COCC(C)Nc1ccnc(C(=O)OC)n1. The molecule has 1 aromatic rings. The first-order chi connectivity index (χ1) is 7.67. The van der Waals surface area contributed by atoms with Crippen LogP contribution in [-0.4, -0.2) is 42.8 Å². The molecule has 1 atom stereocenters. The number of rotatable bonds is 5. The van der Waals surface area contributed by atoms with E-state index in [4.69, 9.17) is 4.74 Å². The van der Waals surface area contributed by atoms with Gasteiger partial charge in [0.25, 0.3) is 0 Å². The van der Waals surface area contributed by atoms with Gasteiger partial charge in [-0.3, -0.25) is 0 Å². The second-order valence-electron chi connectivity index (χ2n) is 3.26. The molecule has 1 aromatic heterocycles. The van der Waals surface area contributed by atoms with Gasteiger partial charge in [0.1, 0.15) is 5.82 Å². The van der Waals surface area contributed by atoms with Crippen molar-refractivity contribution in [2.24, 2.45) is 0 Å². The fourth-order valence-electron chi connectivity index (χ4n) is 1.17. The Hall–Kier alpha value is -1.69. The Labute approximate surface area is 94.0 Å². The van der Waals surface area contributed by atoms with E-state index >= 15 is 0 Å². The third-order valence-electron chi connectivity index (χ3n) is 1.83. The van der Waals surface area contributed by atoms with Gasteiger partial charge in [-0.2, -0.15) is 0 Å². The molecule has 16 heavy (non-hydrogen) atoms. The van der Waals surface area contributed by atoms with Gasteiger partial charge in [-0.05, 0) is 13.0 Å². The second kappa shape index (κ2) is 6.02. The van der Waals surface area contributed by atoms with Crippen LogP contribution in [0.4, 0.5) is 5.82 Å².